The van der Waals surface area contributed by atoms with Crippen molar-refractivity contribution >= 4 is 11.9 Å². The minimum atomic E-state index is -1.44. The highest BCUT2D eigenvalue weighted by molar-refractivity contribution is 5.93. The highest BCUT2D eigenvalue weighted by Crippen LogP contribution is 2.38. The van der Waals surface area contributed by atoms with Gasteiger partial charge in [0.1, 0.15) is 109 Å². The summed E-state index contributed by atoms with van der Waals surface area (Å²) in [7, 11) is 3.08. The second kappa shape index (κ2) is 36.9. The molecule has 10 atom stereocenters. The van der Waals surface area contributed by atoms with E-state index in [-0.39, 0.29) is 75.5 Å². The molecule has 10 unspecified atom stereocenters. The molecule has 12 rings (SSSR count). The van der Waals surface area contributed by atoms with Crippen LogP contribution in [0.25, 0.3) is 0 Å². The standard InChI is InChI=1S/C84H82O17/c1-87-67-43-45-69(71(47-67)89-49-59-27-11-3-12-28-59)81(85)97-57-73-75(91-51-61-31-15-5-16-32-61)77(93-53-63-35-19-7-20-36-63)79(95-55-65-39-23-9-24-40-65)83(99-73)101-84-80(96-56-66-41-25-10-26-42-66)78(94-54-64-37-21-8-22-38-64)76(92-52-62-33-17-6-18-34-62)74(100-84)58-98-82(86)70-46-44-68(88-2)48-72(70)90-50-60-29-13-4-14-30-60/h3-48,73-80,83-84H,49-58H2,1-2H3. The zero-order valence-electron chi connectivity index (χ0n) is 56.3. The van der Waals surface area contributed by atoms with Crippen molar-refractivity contribution in [2.45, 2.75) is 114 Å². The van der Waals surface area contributed by atoms with E-state index < -0.39 is 86.6 Å². The Balaban J connectivity index is 0.947. The molecule has 2 fully saturated rings. The zero-order chi connectivity index (χ0) is 69.2. The molecule has 17 nitrogen and oxygen atoms in total. The Hall–Kier alpha value is -10.0. The van der Waals surface area contributed by atoms with Gasteiger partial charge in [-0.2, -0.15) is 0 Å². The van der Waals surface area contributed by atoms with Gasteiger partial charge in [-0.05, 0) is 68.8 Å². The van der Waals surface area contributed by atoms with Gasteiger partial charge in [0.25, 0.3) is 0 Å². The Morgan fingerprint density at radius 1 is 0.297 bits per heavy atom. The van der Waals surface area contributed by atoms with E-state index in [0.29, 0.717) is 11.5 Å². The monoisotopic (exact) mass is 1360 g/mol. The van der Waals surface area contributed by atoms with E-state index in [1.54, 1.807) is 50.6 Å². The normalized spacial score (nSPS) is 20.3. The van der Waals surface area contributed by atoms with Crippen molar-refractivity contribution in [1.29, 1.82) is 0 Å². The molecule has 0 aromatic heterocycles. The quantitative estimate of drug-likeness (QED) is 0.0348. The summed E-state index contributed by atoms with van der Waals surface area (Å²) in [6, 6.07) is 87.4. The molecule has 0 spiro atoms. The van der Waals surface area contributed by atoms with Gasteiger partial charge < -0.3 is 71.1 Å². The van der Waals surface area contributed by atoms with E-state index in [0.717, 1.165) is 44.5 Å². The van der Waals surface area contributed by atoms with Gasteiger partial charge in [-0.3, -0.25) is 0 Å². The number of hydrogen-bond acceptors (Lipinski definition) is 17. The summed E-state index contributed by atoms with van der Waals surface area (Å²) in [5.74, 6) is 0.00798. The van der Waals surface area contributed by atoms with Crippen molar-refractivity contribution in [3.05, 3.63) is 335 Å². The van der Waals surface area contributed by atoms with Crippen LogP contribution in [0.15, 0.2) is 279 Å². The maximum atomic E-state index is 14.9. The summed E-state index contributed by atoms with van der Waals surface area (Å²) in [5.41, 5.74) is 7.18. The third-order valence-corrected chi connectivity index (χ3v) is 17.2. The van der Waals surface area contributed by atoms with Crippen molar-refractivity contribution in [3.8, 4) is 23.0 Å². The van der Waals surface area contributed by atoms with Crippen molar-refractivity contribution in [2.75, 3.05) is 27.4 Å². The Bertz CT molecular complexity index is 3820. The zero-order valence-corrected chi connectivity index (χ0v) is 56.3. The van der Waals surface area contributed by atoms with Crippen LogP contribution in [0.1, 0.15) is 65.2 Å². The van der Waals surface area contributed by atoms with E-state index in [1.807, 2.05) is 243 Å². The largest absolute Gasteiger partial charge is 0.497 e. The third kappa shape index (κ3) is 20.1. The number of esters is 2. The maximum absolute atomic E-state index is 14.9. The summed E-state index contributed by atoms with van der Waals surface area (Å²) in [4.78, 5) is 29.7. The average molecular weight is 1360 g/mol. The van der Waals surface area contributed by atoms with Gasteiger partial charge in [0.2, 0.25) is 0 Å². The molecule has 2 heterocycles. The fourth-order valence-electron chi connectivity index (χ4n) is 11.9. The van der Waals surface area contributed by atoms with E-state index in [1.165, 1.54) is 0 Å². The molecule has 0 bridgehead atoms. The summed E-state index contributed by atoms with van der Waals surface area (Å²) in [5, 5.41) is 0. The first-order valence-electron chi connectivity index (χ1n) is 33.7. The highest BCUT2D eigenvalue weighted by Gasteiger charge is 2.55. The predicted octanol–water partition coefficient (Wildman–Crippen LogP) is 14.9. The molecule has 2 saturated heterocycles. The predicted molar refractivity (Wildman–Crippen MR) is 377 cm³/mol. The molecule has 0 aliphatic carbocycles. The Kier molecular flexibility index (Phi) is 25.9. The number of ether oxygens (including phenoxy) is 15. The fourth-order valence-corrected chi connectivity index (χ4v) is 11.9. The number of carbonyl (C=O) groups excluding carboxylic acids is 2. The molecule has 101 heavy (non-hydrogen) atoms. The van der Waals surface area contributed by atoms with Crippen molar-refractivity contribution in [1.82, 2.24) is 0 Å². The smallest absolute Gasteiger partial charge is 0.342 e. The minimum Gasteiger partial charge on any atom is -0.497 e. The fraction of sp³-hybridized carbons (Fsp3) is 0.262. The van der Waals surface area contributed by atoms with Gasteiger partial charge in [0, 0.05) is 12.1 Å². The number of methoxy groups -OCH3 is 2. The second-order valence-corrected chi connectivity index (χ2v) is 24.3. The van der Waals surface area contributed by atoms with Crippen molar-refractivity contribution in [3.63, 3.8) is 0 Å². The van der Waals surface area contributed by atoms with E-state index in [9.17, 15) is 9.59 Å². The average Bonchev–Trinajstić information content (AvgIpc) is 0.772. The lowest BCUT2D eigenvalue weighted by Crippen LogP contribution is -2.66. The molecule has 2 aliphatic heterocycles. The molecule has 17 heteroatoms. The first-order chi connectivity index (χ1) is 49.8. The summed E-state index contributed by atoms with van der Waals surface area (Å²) < 4.78 is 102. The van der Waals surface area contributed by atoms with Crippen LogP contribution < -0.4 is 18.9 Å². The first-order valence-corrected chi connectivity index (χ1v) is 33.7. The molecule has 0 saturated carbocycles. The molecule has 520 valence electrons. The Morgan fingerprint density at radius 3 is 0.812 bits per heavy atom. The summed E-state index contributed by atoms with van der Waals surface area (Å²) in [6.45, 7) is 0.0422. The Morgan fingerprint density at radius 2 is 0.545 bits per heavy atom. The number of hydrogen-bond donors (Lipinski definition) is 0. The molecule has 0 N–H and O–H groups in total. The summed E-state index contributed by atoms with van der Waals surface area (Å²) >= 11 is 0. The molecular formula is C84H82O17. The number of benzene rings is 10. The first kappa shape index (κ1) is 70.8. The molecule has 10 aromatic rings. The lowest BCUT2D eigenvalue weighted by molar-refractivity contribution is -0.393. The van der Waals surface area contributed by atoms with Gasteiger partial charge in [-0.15, -0.1) is 0 Å². The van der Waals surface area contributed by atoms with E-state index in [4.69, 9.17) is 71.1 Å². The third-order valence-electron chi connectivity index (χ3n) is 17.2. The molecule has 0 radical (unpaired) electrons. The molecule has 10 aromatic carbocycles. The van der Waals surface area contributed by atoms with Crippen LogP contribution in [0.2, 0.25) is 0 Å². The molecule has 0 amide bonds. The highest BCUT2D eigenvalue weighted by atomic mass is 16.8. The van der Waals surface area contributed by atoms with Crippen LogP contribution in [0.4, 0.5) is 0 Å². The summed E-state index contributed by atoms with van der Waals surface area (Å²) in [6.07, 6.45) is -11.5. The number of carbonyl (C=O) groups is 2. The van der Waals surface area contributed by atoms with Crippen LogP contribution in [-0.2, 0) is 105 Å². The van der Waals surface area contributed by atoms with E-state index >= 15 is 0 Å². The lowest BCUT2D eigenvalue weighted by Gasteiger charge is -2.49. The SMILES string of the molecule is COc1ccc(C(=O)OCC2OC(OC3OC(COC(=O)c4ccc(OC)cc4OCc4ccccc4)C(OCc4ccccc4)C(OCc4ccccc4)C3OCc3ccccc3)C(OCc3ccccc3)C(OCc3ccccc3)C2OCc2ccccc2)c(OCc2ccccc2)c1. The topological polar surface area (TPSA) is 173 Å². The van der Waals surface area contributed by atoms with Crippen molar-refractivity contribution in [2.24, 2.45) is 0 Å². The van der Waals surface area contributed by atoms with Gasteiger partial charge in [0.05, 0.1) is 53.9 Å². The number of rotatable bonds is 34. The second-order valence-electron chi connectivity index (χ2n) is 24.3. The lowest BCUT2D eigenvalue weighted by atomic mass is 9.96. The van der Waals surface area contributed by atoms with E-state index in [2.05, 4.69) is 0 Å². The van der Waals surface area contributed by atoms with Gasteiger partial charge >= 0.3 is 11.9 Å². The van der Waals surface area contributed by atoms with Gasteiger partial charge in [-0.1, -0.05) is 243 Å². The van der Waals surface area contributed by atoms with Crippen LogP contribution in [0, 0.1) is 0 Å². The molecule has 2 aliphatic rings. The Labute approximate surface area is 589 Å². The van der Waals surface area contributed by atoms with Gasteiger partial charge in [-0.25, -0.2) is 9.59 Å². The van der Waals surface area contributed by atoms with Crippen LogP contribution in [-0.4, -0.2) is 101 Å². The van der Waals surface area contributed by atoms with Crippen molar-refractivity contribution < 1.29 is 80.6 Å². The van der Waals surface area contributed by atoms with Crippen LogP contribution in [0.3, 0.4) is 0 Å². The van der Waals surface area contributed by atoms with Gasteiger partial charge in [0.15, 0.2) is 12.6 Å². The minimum absolute atomic E-state index is 0.0624. The van der Waals surface area contributed by atoms with Crippen LogP contribution in [0.5, 0.6) is 23.0 Å². The maximum Gasteiger partial charge on any atom is 0.342 e. The van der Waals surface area contributed by atoms with Crippen LogP contribution >= 0.6 is 0 Å². The molecular weight excluding hydrogens is 1280 g/mol.